The summed E-state index contributed by atoms with van der Waals surface area (Å²) in [5, 5.41) is 17.9. The van der Waals surface area contributed by atoms with Crippen LogP contribution in [0.15, 0.2) is 12.2 Å². The van der Waals surface area contributed by atoms with E-state index in [2.05, 4.69) is 0 Å². The Hall–Kier alpha value is 2.10. The van der Waals surface area contributed by atoms with Crippen molar-refractivity contribution in [3.05, 3.63) is 40.2 Å². The van der Waals surface area contributed by atoms with Gasteiger partial charge in [0.05, 0.1) is 0 Å². The average Bonchev–Trinajstić information content (AvgIpc) is 1.65. The van der Waals surface area contributed by atoms with Crippen molar-refractivity contribution >= 4 is 53.2 Å². The van der Waals surface area contributed by atoms with E-state index in [1.807, 2.05) is 0 Å². The van der Waals surface area contributed by atoms with Gasteiger partial charge in [-0.1, -0.05) is 0 Å². The van der Waals surface area contributed by atoms with Crippen LogP contribution in [0.25, 0.3) is 0 Å². The molecule has 2 nitrogen and oxygen atoms in total. The number of rotatable bonds is 1. The van der Waals surface area contributed by atoms with Crippen molar-refractivity contribution in [1.82, 2.24) is 0 Å². The third-order valence-electron chi connectivity index (χ3n) is 0.111. The summed E-state index contributed by atoms with van der Waals surface area (Å²) in [5.74, 6) is 0. The summed E-state index contributed by atoms with van der Waals surface area (Å²) < 4.78 is 0. The molecule has 0 saturated heterocycles. The maximum absolute atomic E-state index is 8.97. The van der Waals surface area contributed by atoms with Crippen LogP contribution in [-0.2, 0) is 32.7 Å². The molecular weight excluding hydrogens is 264 g/mol. The molecule has 1 radical (unpaired) electrons. The first-order chi connectivity index (χ1) is 3.65. The molecule has 0 aliphatic heterocycles. The summed E-state index contributed by atoms with van der Waals surface area (Å²) in [4.78, 5) is 0. The first-order valence-corrected chi connectivity index (χ1v) is 2.05. The van der Waals surface area contributed by atoms with Gasteiger partial charge in [0.25, 0.3) is 0 Å². The van der Waals surface area contributed by atoms with Gasteiger partial charge in [-0.15, -0.1) is 13.9 Å². The standard InChI is InChI=1S/C4H4.CH3BO2.2CH3.2Mg.Y/c1-3-4-2;1-2(3)4;;;;;/h1-4H;1H3;2*1H3;;;/q2*-2;2*-1;2*+2;. The molecule has 0 saturated carbocycles. The fraction of sp³-hybridized carbons (Fsp3) is 0.143. The SMILES string of the molecule is CB([O-])[O-].[CH-]=CC=[CH-].[CH3-].[CH3-].[Mg+2].[Mg+2].[Y]. The Morgan fingerprint density at radius 1 is 1.00 bits per heavy atom. The van der Waals surface area contributed by atoms with Crippen LogP contribution in [0.4, 0.5) is 0 Å². The van der Waals surface area contributed by atoms with Gasteiger partial charge in [-0.3, -0.25) is 0 Å². The fourth-order valence-corrected chi connectivity index (χ4v) is 0. The molecule has 0 atom stereocenters. The zero-order valence-corrected chi connectivity index (χ0v) is 14.4. The van der Waals surface area contributed by atoms with Crippen molar-refractivity contribution in [2.45, 2.75) is 6.82 Å². The molecule has 0 N–H and O–H groups in total. The van der Waals surface area contributed by atoms with E-state index in [0.717, 1.165) is 6.82 Å². The molecule has 0 aromatic rings. The average molecular weight is 278 g/mol. The second kappa shape index (κ2) is 48.0. The van der Waals surface area contributed by atoms with Crippen LogP contribution in [-0.4, -0.2) is 53.2 Å². The van der Waals surface area contributed by atoms with Gasteiger partial charge >= 0.3 is 46.1 Å². The zero-order valence-electron chi connectivity index (χ0n) is 8.69. The van der Waals surface area contributed by atoms with Gasteiger partial charge in [-0.25, -0.2) is 0 Å². The molecule has 0 amide bonds. The van der Waals surface area contributed by atoms with E-state index >= 15 is 0 Å². The van der Waals surface area contributed by atoms with Crippen molar-refractivity contribution in [3.63, 3.8) is 0 Å². The Labute approximate surface area is 141 Å². The summed E-state index contributed by atoms with van der Waals surface area (Å²) in [6, 6.07) is 0. The first kappa shape index (κ1) is 45.8. The molecular formula is C7H13BMg2O2Y-2. The number of hydrogen-bond donors (Lipinski definition) is 0. The molecule has 0 heterocycles. The van der Waals surface area contributed by atoms with Gasteiger partial charge in [-0.05, 0) is 0 Å². The molecule has 6 heteroatoms. The maximum atomic E-state index is 8.97. The third kappa shape index (κ3) is 215. The summed E-state index contributed by atoms with van der Waals surface area (Å²) in [5.41, 5.74) is 0. The Bertz CT molecular complexity index is 66.8. The van der Waals surface area contributed by atoms with Gasteiger partial charge in [0.15, 0.2) is 0 Å². The summed E-state index contributed by atoms with van der Waals surface area (Å²) >= 11 is 0. The summed E-state index contributed by atoms with van der Waals surface area (Å²) in [6.45, 7) is 10.5. The van der Waals surface area contributed by atoms with Gasteiger partial charge < -0.3 is 50.2 Å². The van der Waals surface area contributed by atoms with Gasteiger partial charge in [-0.2, -0.15) is 0 Å². The van der Waals surface area contributed by atoms with Crippen molar-refractivity contribution in [3.8, 4) is 0 Å². The van der Waals surface area contributed by atoms with Crippen LogP contribution in [0.5, 0.6) is 0 Å². The number of allylic oxidation sites excluding steroid dienone is 2. The van der Waals surface area contributed by atoms with Crippen molar-refractivity contribution < 1.29 is 42.8 Å². The Morgan fingerprint density at radius 2 is 1.08 bits per heavy atom. The summed E-state index contributed by atoms with van der Waals surface area (Å²) in [7, 11) is -1.67. The third-order valence-corrected chi connectivity index (χ3v) is 0.111. The van der Waals surface area contributed by atoms with Gasteiger partial charge in [0, 0.05) is 32.7 Å². The first-order valence-electron chi connectivity index (χ1n) is 2.05. The molecule has 0 aliphatic carbocycles. The van der Waals surface area contributed by atoms with E-state index in [9.17, 15) is 0 Å². The Balaban J connectivity index is -0.00000000800. The normalized spacial score (nSPS) is 3.62. The molecule has 0 spiro atoms. The van der Waals surface area contributed by atoms with Crippen LogP contribution >= 0.6 is 0 Å². The molecule has 0 bridgehead atoms. The zero-order chi connectivity index (χ0) is 6.99. The predicted molar refractivity (Wildman–Crippen MR) is 53.7 cm³/mol. The van der Waals surface area contributed by atoms with Gasteiger partial charge in [0.1, 0.15) is 0 Å². The van der Waals surface area contributed by atoms with E-state index < -0.39 is 7.12 Å². The van der Waals surface area contributed by atoms with Crippen LogP contribution in [0.1, 0.15) is 0 Å². The van der Waals surface area contributed by atoms with E-state index in [4.69, 9.17) is 23.2 Å². The fourth-order valence-electron chi connectivity index (χ4n) is 0. The topological polar surface area (TPSA) is 46.1 Å². The largest absolute Gasteiger partial charge is 2.00 e. The minimum atomic E-state index is -1.67. The number of hydrogen-bond acceptors (Lipinski definition) is 2. The van der Waals surface area contributed by atoms with Crippen LogP contribution in [0.3, 0.4) is 0 Å². The van der Waals surface area contributed by atoms with E-state index in [0.29, 0.717) is 0 Å². The van der Waals surface area contributed by atoms with E-state index in [1.54, 1.807) is 0 Å². The molecule has 0 aliphatic rings. The maximum Gasteiger partial charge on any atom is 2.00 e. The van der Waals surface area contributed by atoms with Crippen molar-refractivity contribution in [2.75, 3.05) is 0 Å². The van der Waals surface area contributed by atoms with Gasteiger partial charge in [0.2, 0.25) is 0 Å². The predicted octanol–water partition coefficient (Wildman–Crippen LogP) is -1.07. The molecule has 0 unspecified atom stereocenters. The van der Waals surface area contributed by atoms with E-state index in [1.165, 1.54) is 12.2 Å². The second-order valence-electron chi connectivity index (χ2n) is 0.953. The Kier molecular flexibility index (Phi) is 169. The smallest absolute Gasteiger partial charge is 0.893 e. The van der Waals surface area contributed by atoms with Crippen molar-refractivity contribution in [1.29, 1.82) is 0 Å². The minimum Gasteiger partial charge on any atom is -0.893 e. The van der Waals surface area contributed by atoms with Crippen molar-refractivity contribution in [2.24, 2.45) is 0 Å². The molecule has 65 valence electrons. The van der Waals surface area contributed by atoms with E-state index in [-0.39, 0.29) is 93.7 Å². The molecule has 0 fully saturated rings. The monoisotopic (exact) mass is 277 g/mol. The van der Waals surface area contributed by atoms with Crippen LogP contribution in [0.2, 0.25) is 6.82 Å². The quantitative estimate of drug-likeness (QED) is 0.348. The minimum absolute atomic E-state index is 0. The van der Waals surface area contributed by atoms with Crippen LogP contribution in [0, 0.1) is 28.0 Å². The molecule has 0 aromatic heterocycles. The molecule has 13 heavy (non-hydrogen) atoms. The summed E-state index contributed by atoms with van der Waals surface area (Å²) in [6.07, 6.45) is 2.56. The van der Waals surface area contributed by atoms with Crippen LogP contribution < -0.4 is 10.0 Å². The molecule has 0 rings (SSSR count). The second-order valence-corrected chi connectivity index (χ2v) is 0.953. The molecule has 0 aromatic carbocycles. The Morgan fingerprint density at radius 3 is 1.08 bits per heavy atom.